The van der Waals surface area contributed by atoms with Gasteiger partial charge >= 0.3 is 0 Å². The molecule has 23 heavy (non-hydrogen) atoms. The van der Waals surface area contributed by atoms with Crippen molar-refractivity contribution in [1.29, 1.82) is 0 Å². The van der Waals surface area contributed by atoms with Gasteiger partial charge in [0.25, 0.3) is 5.91 Å². The van der Waals surface area contributed by atoms with Crippen molar-refractivity contribution >= 4 is 11.6 Å². The summed E-state index contributed by atoms with van der Waals surface area (Å²) in [5.41, 5.74) is 3.71. The lowest BCUT2D eigenvalue weighted by atomic mass is 9.91. The number of carbonyl (C=O) groups excluding carboxylic acids is 1. The monoisotopic (exact) mass is 310 g/mol. The molecule has 0 aliphatic carbocycles. The van der Waals surface area contributed by atoms with Crippen LogP contribution in [-0.2, 0) is 0 Å². The first kappa shape index (κ1) is 15.6. The van der Waals surface area contributed by atoms with Crippen LogP contribution in [0.15, 0.2) is 42.5 Å². The first-order valence-corrected chi connectivity index (χ1v) is 7.84. The summed E-state index contributed by atoms with van der Waals surface area (Å²) in [5.74, 6) is 0.604. The summed E-state index contributed by atoms with van der Waals surface area (Å²) in [6.45, 7) is 3.09. The van der Waals surface area contributed by atoms with Gasteiger partial charge in [0, 0.05) is 23.8 Å². The highest BCUT2D eigenvalue weighted by molar-refractivity contribution is 6.05. The quantitative estimate of drug-likeness (QED) is 0.937. The van der Waals surface area contributed by atoms with Crippen LogP contribution in [-0.4, -0.2) is 31.5 Å². The smallest absolute Gasteiger partial charge is 0.256 e. The van der Waals surface area contributed by atoms with Crippen molar-refractivity contribution in [3.8, 4) is 5.75 Å². The number of methoxy groups -OCH3 is 1. The van der Waals surface area contributed by atoms with E-state index in [0.717, 1.165) is 24.2 Å². The van der Waals surface area contributed by atoms with Crippen molar-refractivity contribution in [2.75, 3.05) is 26.0 Å². The number of nitrogens with one attached hydrogen (secondary N) is 1. The predicted molar refractivity (Wildman–Crippen MR) is 92.1 cm³/mol. The number of aryl methyl sites for hydroxylation is 1. The Morgan fingerprint density at radius 2 is 1.96 bits per heavy atom. The number of hydrogen-bond donors (Lipinski definition) is 1. The highest BCUT2D eigenvalue weighted by Crippen LogP contribution is 2.35. The predicted octanol–water partition coefficient (Wildman–Crippen LogP) is 3.63. The summed E-state index contributed by atoms with van der Waals surface area (Å²) in [7, 11) is 3.70. The standard InChI is InChI=1S/C19H22N2O2/c1-13-4-6-14(7-5-13)20-19(22)17-12-15(23-3)8-9-16(17)18-10-11-21(18)2/h4-9,12,18H,10-11H2,1-3H3,(H,20,22). The van der Waals surface area contributed by atoms with E-state index >= 15 is 0 Å². The van der Waals surface area contributed by atoms with E-state index in [-0.39, 0.29) is 5.91 Å². The fraction of sp³-hybridized carbons (Fsp3) is 0.316. The van der Waals surface area contributed by atoms with E-state index in [0.29, 0.717) is 17.4 Å². The molecule has 1 heterocycles. The van der Waals surface area contributed by atoms with Gasteiger partial charge < -0.3 is 10.1 Å². The Morgan fingerprint density at radius 3 is 2.52 bits per heavy atom. The molecule has 1 amide bonds. The van der Waals surface area contributed by atoms with Gasteiger partial charge in [-0.2, -0.15) is 0 Å². The van der Waals surface area contributed by atoms with E-state index in [1.54, 1.807) is 7.11 Å². The van der Waals surface area contributed by atoms with Crippen LogP contribution in [0.2, 0.25) is 0 Å². The minimum Gasteiger partial charge on any atom is -0.497 e. The molecule has 1 aliphatic heterocycles. The van der Waals surface area contributed by atoms with E-state index in [4.69, 9.17) is 4.74 Å². The molecule has 1 aliphatic rings. The van der Waals surface area contributed by atoms with Gasteiger partial charge in [0.1, 0.15) is 5.75 Å². The third kappa shape index (κ3) is 3.22. The Morgan fingerprint density at radius 1 is 1.22 bits per heavy atom. The molecule has 1 atom stereocenters. The van der Waals surface area contributed by atoms with Gasteiger partial charge in [0.2, 0.25) is 0 Å². The second-order valence-electron chi connectivity index (χ2n) is 6.06. The molecular formula is C19H22N2O2. The average molecular weight is 310 g/mol. The normalized spacial score (nSPS) is 17.4. The van der Waals surface area contributed by atoms with E-state index in [2.05, 4.69) is 17.3 Å². The molecule has 4 heteroatoms. The number of ether oxygens (including phenoxy) is 1. The molecule has 0 saturated carbocycles. The lowest BCUT2D eigenvalue weighted by Crippen LogP contribution is -2.38. The van der Waals surface area contributed by atoms with Crippen LogP contribution >= 0.6 is 0 Å². The molecule has 0 aromatic heterocycles. The summed E-state index contributed by atoms with van der Waals surface area (Å²) >= 11 is 0. The van der Waals surface area contributed by atoms with E-state index in [1.165, 1.54) is 5.56 Å². The zero-order valence-corrected chi connectivity index (χ0v) is 13.8. The van der Waals surface area contributed by atoms with Crippen LogP contribution in [0.25, 0.3) is 0 Å². The molecule has 120 valence electrons. The fourth-order valence-corrected chi connectivity index (χ4v) is 2.89. The minimum atomic E-state index is -0.0944. The van der Waals surface area contributed by atoms with E-state index in [1.807, 2.05) is 49.4 Å². The number of likely N-dealkylation sites (tertiary alicyclic amines) is 1. The molecule has 1 saturated heterocycles. The van der Waals surface area contributed by atoms with E-state index in [9.17, 15) is 4.79 Å². The Kier molecular flexibility index (Phi) is 4.35. The largest absolute Gasteiger partial charge is 0.497 e. The topological polar surface area (TPSA) is 41.6 Å². The molecule has 0 bridgehead atoms. The SMILES string of the molecule is COc1ccc(C2CCN2C)c(C(=O)Nc2ccc(C)cc2)c1. The zero-order valence-electron chi connectivity index (χ0n) is 13.8. The summed E-state index contributed by atoms with van der Waals surface area (Å²) in [6, 6.07) is 13.9. The van der Waals surface area contributed by atoms with Crippen LogP contribution in [0, 0.1) is 6.92 Å². The number of benzene rings is 2. The number of nitrogens with zero attached hydrogens (tertiary/aromatic N) is 1. The van der Waals surface area contributed by atoms with Crippen molar-refractivity contribution in [3.05, 3.63) is 59.2 Å². The molecule has 1 fully saturated rings. The van der Waals surface area contributed by atoms with Gasteiger partial charge in [0.15, 0.2) is 0 Å². The summed E-state index contributed by atoms with van der Waals surface area (Å²) in [6.07, 6.45) is 1.08. The van der Waals surface area contributed by atoms with Gasteiger partial charge in [-0.15, -0.1) is 0 Å². The second-order valence-corrected chi connectivity index (χ2v) is 6.06. The summed E-state index contributed by atoms with van der Waals surface area (Å²) < 4.78 is 5.29. The van der Waals surface area contributed by atoms with Crippen LogP contribution in [0.5, 0.6) is 5.75 Å². The minimum absolute atomic E-state index is 0.0944. The number of carbonyl (C=O) groups is 1. The second kappa shape index (κ2) is 6.42. The molecule has 0 radical (unpaired) electrons. The van der Waals surface area contributed by atoms with Crippen LogP contribution in [0.3, 0.4) is 0 Å². The maximum atomic E-state index is 12.8. The maximum Gasteiger partial charge on any atom is 0.256 e. The summed E-state index contributed by atoms with van der Waals surface area (Å²) in [4.78, 5) is 15.0. The third-order valence-corrected chi connectivity index (χ3v) is 4.46. The Labute approximate surface area is 137 Å². The van der Waals surface area contributed by atoms with Gasteiger partial charge in [0.05, 0.1) is 7.11 Å². The average Bonchev–Trinajstić information content (AvgIpc) is 2.55. The zero-order chi connectivity index (χ0) is 16.4. The van der Waals surface area contributed by atoms with Crippen LogP contribution in [0.1, 0.15) is 33.9 Å². The Bertz CT molecular complexity index is 710. The van der Waals surface area contributed by atoms with Gasteiger partial charge in [-0.05, 0) is 50.2 Å². The molecular weight excluding hydrogens is 288 g/mol. The van der Waals surface area contributed by atoms with Gasteiger partial charge in [-0.25, -0.2) is 0 Å². The molecule has 4 nitrogen and oxygen atoms in total. The van der Waals surface area contributed by atoms with E-state index < -0.39 is 0 Å². The van der Waals surface area contributed by atoms with Crippen molar-refractivity contribution in [2.24, 2.45) is 0 Å². The molecule has 1 unspecified atom stereocenters. The highest BCUT2D eigenvalue weighted by atomic mass is 16.5. The number of rotatable bonds is 4. The molecule has 2 aromatic rings. The molecule has 1 N–H and O–H groups in total. The lowest BCUT2D eigenvalue weighted by Gasteiger charge is -2.39. The van der Waals surface area contributed by atoms with Crippen molar-refractivity contribution < 1.29 is 9.53 Å². The summed E-state index contributed by atoms with van der Waals surface area (Å²) in [5, 5.41) is 2.98. The molecule has 3 rings (SSSR count). The Hall–Kier alpha value is -2.33. The van der Waals surface area contributed by atoms with Crippen LogP contribution < -0.4 is 10.1 Å². The van der Waals surface area contributed by atoms with Gasteiger partial charge in [-0.1, -0.05) is 23.8 Å². The third-order valence-electron chi connectivity index (χ3n) is 4.46. The maximum absolute atomic E-state index is 12.8. The van der Waals surface area contributed by atoms with Crippen LogP contribution in [0.4, 0.5) is 5.69 Å². The highest BCUT2D eigenvalue weighted by Gasteiger charge is 2.29. The van der Waals surface area contributed by atoms with Crippen molar-refractivity contribution in [2.45, 2.75) is 19.4 Å². The van der Waals surface area contributed by atoms with Gasteiger partial charge in [-0.3, -0.25) is 9.69 Å². The first-order valence-electron chi connectivity index (χ1n) is 7.84. The number of amides is 1. The Balaban J connectivity index is 1.89. The van der Waals surface area contributed by atoms with Crippen molar-refractivity contribution in [3.63, 3.8) is 0 Å². The molecule has 0 spiro atoms. The van der Waals surface area contributed by atoms with Crippen molar-refractivity contribution in [1.82, 2.24) is 4.90 Å². The first-order chi connectivity index (χ1) is 11.1. The lowest BCUT2D eigenvalue weighted by molar-refractivity contribution is 0.100. The molecule has 2 aromatic carbocycles. The number of anilines is 1. The fourth-order valence-electron chi connectivity index (χ4n) is 2.89. The number of hydrogen-bond acceptors (Lipinski definition) is 3.